The highest BCUT2D eigenvalue weighted by Crippen LogP contribution is 2.38. The normalized spacial score (nSPS) is 13.8. The van der Waals surface area contributed by atoms with E-state index in [0.717, 1.165) is 17.7 Å². The van der Waals surface area contributed by atoms with Crippen LogP contribution in [0.1, 0.15) is 28.5 Å². The van der Waals surface area contributed by atoms with E-state index >= 15 is 0 Å². The number of aliphatic hydroxyl groups is 1. The Morgan fingerprint density at radius 2 is 1.90 bits per heavy atom. The van der Waals surface area contributed by atoms with Crippen molar-refractivity contribution in [1.29, 1.82) is 0 Å². The summed E-state index contributed by atoms with van der Waals surface area (Å²) in [5.41, 5.74) is 6.98. The average Bonchev–Trinajstić information content (AvgIpc) is 3.09. The van der Waals surface area contributed by atoms with Crippen LogP contribution in [0.4, 0.5) is 0 Å². The van der Waals surface area contributed by atoms with Crippen LogP contribution in [0.5, 0.6) is 0 Å². The van der Waals surface area contributed by atoms with Crippen LogP contribution in [0.2, 0.25) is 0 Å². The van der Waals surface area contributed by atoms with E-state index in [4.69, 9.17) is 0 Å². The molecule has 0 aliphatic heterocycles. The molecule has 1 aromatic heterocycles. The van der Waals surface area contributed by atoms with Crippen molar-refractivity contribution in [2.75, 3.05) is 0 Å². The molecule has 0 spiro atoms. The molecule has 1 aliphatic carbocycles. The summed E-state index contributed by atoms with van der Waals surface area (Å²) in [6.45, 7) is 0. The third-order valence-corrected chi connectivity index (χ3v) is 4.27. The maximum atomic E-state index is 10.5. The Kier molecular flexibility index (Phi) is 2.69. The van der Waals surface area contributed by atoms with Gasteiger partial charge >= 0.3 is 0 Å². The maximum absolute atomic E-state index is 10.5. The fourth-order valence-electron chi connectivity index (χ4n) is 3.14. The molecule has 1 atom stereocenters. The van der Waals surface area contributed by atoms with E-state index in [1.54, 1.807) is 12.5 Å². The van der Waals surface area contributed by atoms with Gasteiger partial charge in [-0.15, -0.1) is 0 Å². The third-order valence-electron chi connectivity index (χ3n) is 4.27. The lowest BCUT2D eigenvalue weighted by molar-refractivity contribution is 0.211. The van der Waals surface area contributed by atoms with Crippen LogP contribution in [0, 0.1) is 0 Å². The minimum Gasteiger partial charge on any atom is -0.382 e. The van der Waals surface area contributed by atoms with Gasteiger partial charge in [-0.05, 0) is 34.2 Å². The summed E-state index contributed by atoms with van der Waals surface area (Å²) >= 11 is 0. The molecule has 3 heteroatoms. The first-order valence-electron chi connectivity index (χ1n) is 7.09. The van der Waals surface area contributed by atoms with Gasteiger partial charge in [0.15, 0.2) is 0 Å². The van der Waals surface area contributed by atoms with Crippen molar-refractivity contribution in [2.24, 2.45) is 7.05 Å². The van der Waals surface area contributed by atoms with Crippen LogP contribution in [0.25, 0.3) is 11.1 Å². The van der Waals surface area contributed by atoms with E-state index in [1.165, 1.54) is 22.3 Å². The first-order chi connectivity index (χ1) is 10.2. The topological polar surface area (TPSA) is 38.0 Å². The van der Waals surface area contributed by atoms with Gasteiger partial charge in [0.05, 0.1) is 18.2 Å². The van der Waals surface area contributed by atoms with E-state index in [-0.39, 0.29) is 0 Å². The summed E-state index contributed by atoms with van der Waals surface area (Å²) in [6, 6.07) is 14.7. The highest BCUT2D eigenvalue weighted by atomic mass is 16.3. The highest BCUT2D eigenvalue weighted by Gasteiger charge is 2.20. The summed E-state index contributed by atoms with van der Waals surface area (Å²) in [5, 5.41) is 10.5. The smallest absolute Gasteiger partial charge is 0.121 e. The zero-order valence-electron chi connectivity index (χ0n) is 11.8. The van der Waals surface area contributed by atoms with E-state index in [9.17, 15) is 5.11 Å². The van der Waals surface area contributed by atoms with Crippen molar-refractivity contribution < 1.29 is 5.11 Å². The molecule has 0 saturated carbocycles. The second kappa shape index (κ2) is 4.57. The molecule has 0 radical (unpaired) electrons. The molecule has 0 bridgehead atoms. The Labute approximate surface area is 123 Å². The number of benzene rings is 2. The molecule has 1 heterocycles. The van der Waals surface area contributed by atoms with Gasteiger partial charge < -0.3 is 9.67 Å². The molecule has 2 aromatic carbocycles. The fraction of sp³-hybridized carbons (Fsp3) is 0.167. The van der Waals surface area contributed by atoms with Crippen molar-refractivity contribution in [1.82, 2.24) is 9.55 Å². The first kappa shape index (κ1) is 12.4. The number of nitrogens with zero attached hydrogens (tertiary/aromatic N) is 2. The zero-order valence-corrected chi connectivity index (χ0v) is 11.8. The Morgan fingerprint density at radius 3 is 2.71 bits per heavy atom. The minimum absolute atomic E-state index is 0.633. The summed E-state index contributed by atoms with van der Waals surface area (Å²) in [5.74, 6) is 0. The monoisotopic (exact) mass is 276 g/mol. The zero-order chi connectivity index (χ0) is 14.4. The number of rotatable bonds is 2. The average molecular weight is 276 g/mol. The SMILES string of the molecule is Cn1cncc1C(O)c1ccc2c(c1)Cc1ccccc1-2. The standard InChI is InChI=1S/C18H16N2O/c1-20-11-19-10-17(20)18(21)13-6-7-16-14(9-13)8-12-4-2-3-5-15(12)16/h2-7,9-11,18,21H,8H2,1H3. The summed E-state index contributed by atoms with van der Waals surface area (Å²) in [7, 11) is 1.90. The number of aromatic nitrogens is 2. The Balaban J connectivity index is 1.75. The lowest BCUT2D eigenvalue weighted by Crippen LogP contribution is -2.05. The molecule has 21 heavy (non-hydrogen) atoms. The van der Waals surface area contributed by atoms with Crippen LogP contribution in [0.15, 0.2) is 55.0 Å². The van der Waals surface area contributed by atoms with Crippen molar-refractivity contribution in [2.45, 2.75) is 12.5 Å². The second-order valence-corrected chi connectivity index (χ2v) is 5.58. The largest absolute Gasteiger partial charge is 0.382 e. The number of imidazole rings is 1. The molecular weight excluding hydrogens is 260 g/mol. The van der Waals surface area contributed by atoms with Gasteiger partial charge in [0.1, 0.15) is 6.10 Å². The van der Waals surface area contributed by atoms with Crippen LogP contribution < -0.4 is 0 Å². The van der Waals surface area contributed by atoms with Crippen LogP contribution >= 0.6 is 0 Å². The Hall–Kier alpha value is -2.39. The number of hydrogen-bond acceptors (Lipinski definition) is 2. The predicted molar refractivity (Wildman–Crippen MR) is 82.0 cm³/mol. The van der Waals surface area contributed by atoms with Gasteiger partial charge in [0.25, 0.3) is 0 Å². The molecule has 3 nitrogen and oxygen atoms in total. The predicted octanol–water partition coefficient (Wildman–Crippen LogP) is 3.07. The van der Waals surface area contributed by atoms with Crippen LogP contribution in [-0.4, -0.2) is 14.7 Å². The molecule has 1 N–H and O–H groups in total. The van der Waals surface area contributed by atoms with E-state index in [2.05, 4.69) is 41.4 Å². The number of aliphatic hydroxyl groups excluding tert-OH is 1. The lowest BCUT2D eigenvalue weighted by Gasteiger charge is -2.13. The summed E-state index contributed by atoms with van der Waals surface area (Å²) in [4.78, 5) is 4.08. The summed E-state index contributed by atoms with van der Waals surface area (Å²) < 4.78 is 1.85. The van der Waals surface area contributed by atoms with Gasteiger partial charge in [-0.1, -0.05) is 42.5 Å². The number of hydrogen-bond donors (Lipinski definition) is 1. The molecule has 3 aromatic rings. The van der Waals surface area contributed by atoms with Crippen molar-refractivity contribution in [3.05, 3.63) is 77.4 Å². The molecule has 0 amide bonds. The third kappa shape index (κ3) is 1.89. The van der Waals surface area contributed by atoms with Gasteiger partial charge in [-0.25, -0.2) is 4.98 Å². The lowest BCUT2D eigenvalue weighted by atomic mass is 9.99. The first-order valence-corrected chi connectivity index (χ1v) is 7.09. The molecule has 0 saturated heterocycles. The van der Waals surface area contributed by atoms with E-state index < -0.39 is 6.10 Å². The van der Waals surface area contributed by atoms with E-state index in [0.29, 0.717) is 0 Å². The van der Waals surface area contributed by atoms with Crippen LogP contribution in [0.3, 0.4) is 0 Å². The Morgan fingerprint density at radius 1 is 1.10 bits per heavy atom. The second-order valence-electron chi connectivity index (χ2n) is 5.58. The van der Waals surface area contributed by atoms with Crippen LogP contribution in [-0.2, 0) is 13.5 Å². The molecule has 1 aliphatic rings. The number of fused-ring (bicyclic) bond motifs is 3. The highest BCUT2D eigenvalue weighted by molar-refractivity contribution is 5.77. The fourth-order valence-corrected chi connectivity index (χ4v) is 3.14. The molecule has 1 unspecified atom stereocenters. The van der Waals surface area contributed by atoms with Gasteiger partial charge in [-0.3, -0.25) is 0 Å². The summed E-state index contributed by atoms with van der Waals surface area (Å²) in [6.07, 6.45) is 3.73. The number of aryl methyl sites for hydroxylation is 1. The Bertz CT molecular complexity index is 820. The van der Waals surface area contributed by atoms with Gasteiger partial charge in [0.2, 0.25) is 0 Å². The minimum atomic E-state index is -0.633. The molecule has 4 rings (SSSR count). The quantitative estimate of drug-likeness (QED) is 0.611. The van der Waals surface area contributed by atoms with E-state index in [1.807, 2.05) is 17.7 Å². The maximum Gasteiger partial charge on any atom is 0.121 e. The molecule has 104 valence electrons. The van der Waals surface area contributed by atoms with Gasteiger partial charge in [0, 0.05) is 7.05 Å². The van der Waals surface area contributed by atoms with Crippen molar-refractivity contribution >= 4 is 0 Å². The van der Waals surface area contributed by atoms with Gasteiger partial charge in [-0.2, -0.15) is 0 Å². The van der Waals surface area contributed by atoms with Crippen molar-refractivity contribution in [3.63, 3.8) is 0 Å². The molecule has 0 fully saturated rings. The van der Waals surface area contributed by atoms with Crippen molar-refractivity contribution in [3.8, 4) is 11.1 Å². The molecular formula is C18H16N2O.